The molecule has 1 aliphatic carbocycles. The predicted molar refractivity (Wildman–Crippen MR) is 90.5 cm³/mol. The molecule has 1 aromatic carbocycles. The van der Waals surface area contributed by atoms with Crippen LogP contribution in [0.15, 0.2) is 24.3 Å². The number of likely N-dealkylation sites (N-methyl/N-ethyl adjacent to an activating group) is 1. The maximum absolute atomic E-state index is 12.2. The van der Waals surface area contributed by atoms with Crippen LogP contribution in [0.25, 0.3) is 0 Å². The largest absolute Gasteiger partial charge is 0.396 e. The van der Waals surface area contributed by atoms with Crippen LogP contribution in [0.4, 0.5) is 5.69 Å². The van der Waals surface area contributed by atoms with Crippen LogP contribution < -0.4 is 5.32 Å². The third-order valence-electron chi connectivity index (χ3n) is 4.64. The van der Waals surface area contributed by atoms with Gasteiger partial charge in [0.2, 0.25) is 5.91 Å². The third kappa shape index (κ3) is 5.15. The van der Waals surface area contributed by atoms with Gasteiger partial charge in [-0.15, -0.1) is 0 Å². The Kier molecular flexibility index (Phi) is 6.30. The highest BCUT2D eigenvalue weighted by molar-refractivity contribution is 5.97. The van der Waals surface area contributed by atoms with Crippen LogP contribution in [0.5, 0.6) is 0 Å². The van der Waals surface area contributed by atoms with Gasteiger partial charge in [-0.2, -0.15) is 0 Å². The van der Waals surface area contributed by atoms with Crippen molar-refractivity contribution < 1.29 is 14.7 Å². The van der Waals surface area contributed by atoms with Gasteiger partial charge in [0, 0.05) is 23.9 Å². The van der Waals surface area contributed by atoms with Crippen LogP contribution >= 0.6 is 0 Å². The fourth-order valence-electron chi connectivity index (χ4n) is 3.14. The number of amides is 1. The summed E-state index contributed by atoms with van der Waals surface area (Å²) in [5, 5.41) is 12.0. The lowest BCUT2D eigenvalue weighted by molar-refractivity contribution is -0.117. The van der Waals surface area contributed by atoms with E-state index in [1.807, 2.05) is 7.05 Å². The molecule has 2 rings (SSSR count). The first kappa shape index (κ1) is 17.6. The second kappa shape index (κ2) is 8.22. The van der Waals surface area contributed by atoms with E-state index in [2.05, 4.69) is 10.2 Å². The molecular formula is C18H26N2O3. The quantitative estimate of drug-likeness (QED) is 0.790. The van der Waals surface area contributed by atoms with Gasteiger partial charge < -0.3 is 10.4 Å². The van der Waals surface area contributed by atoms with Crippen molar-refractivity contribution in [3.63, 3.8) is 0 Å². The highest BCUT2D eigenvalue weighted by Crippen LogP contribution is 2.26. The van der Waals surface area contributed by atoms with Crippen LogP contribution in [0.1, 0.15) is 43.0 Å². The summed E-state index contributed by atoms with van der Waals surface area (Å²) >= 11 is 0. The number of carbonyl (C=O) groups excluding carboxylic acids is 2. The van der Waals surface area contributed by atoms with E-state index >= 15 is 0 Å². The molecule has 0 atom stereocenters. The molecule has 5 nitrogen and oxygen atoms in total. The number of hydrogen-bond acceptors (Lipinski definition) is 4. The molecule has 0 aromatic heterocycles. The second-order valence-corrected chi connectivity index (χ2v) is 6.46. The minimum absolute atomic E-state index is 0.0149. The standard InChI is InChI=1S/C18H26N2O3/c1-13(22)15-4-3-5-16(10-15)19-18(23)11-20(2)17-8-6-14(12-21)7-9-17/h3-5,10,14,17,21H,6-9,11-12H2,1-2H3,(H,19,23). The first-order valence-corrected chi connectivity index (χ1v) is 8.21. The third-order valence-corrected chi connectivity index (χ3v) is 4.64. The second-order valence-electron chi connectivity index (χ2n) is 6.46. The molecule has 126 valence electrons. The molecule has 0 spiro atoms. The monoisotopic (exact) mass is 318 g/mol. The summed E-state index contributed by atoms with van der Waals surface area (Å²) in [5.74, 6) is 0.333. The molecule has 0 unspecified atom stereocenters. The minimum Gasteiger partial charge on any atom is -0.396 e. The average Bonchev–Trinajstić information content (AvgIpc) is 2.55. The molecular weight excluding hydrogens is 292 g/mol. The SMILES string of the molecule is CC(=O)c1cccc(NC(=O)CN(C)C2CCC(CO)CC2)c1. The summed E-state index contributed by atoms with van der Waals surface area (Å²) in [7, 11) is 1.97. The summed E-state index contributed by atoms with van der Waals surface area (Å²) in [6.45, 7) is 2.11. The highest BCUT2D eigenvalue weighted by Gasteiger charge is 2.24. The molecule has 1 amide bonds. The normalized spacial score (nSPS) is 21.2. The Morgan fingerprint density at radius 1 is 1.26 bits per heavy atom. The zero-order chi connectivity index (χ0) is 16.8. The smallest absolute Gasteiger partial charge is 0.238 e. The van der Waals surface area contributed by atoms with E-state index < -0.39 is 0 Å². The number of aliphatic hydroxyl groups excluding tert-OH is 1. The molecule has 0 aliphatic heterocycles. The van der Waals surface area contributed by atoms with Crippen molar-refractivity contribution in [1.29, 1.82) is 0 Å². The van der Waals surface area contributed by atoms with Crippen molar-refractivity contribution in [3.05, 3.63) is 29.8 Å². The number of aliphatic hydroxyl groups is 1. The zero-order valence-electron chi connectivity index (χ0n) is 13.9. The van der Waals surface area contributed by atoms with E-state index in [9.17, 15) is 14.7 Å². The zero-order valence-corrected chi connectivity index (χ0v) is 13.9. The van der Waals surface area contributed by atoms with Crippen LogP contribution in [-0.4, -0.2) is 47.9 Å². The van der Waals surface area contributed by atoms with Crippen molar-refractivity contribution in [2.24, 2.45) is 5.92 Å². The Morgan fingerprint density at radius 3 is 2.57 bits per heavy atom. The molecule has 0 radical (unpaired) electrons. The Hall–Kier alpha value is -1.72. The number of carbonyl (C=O) groups is 2. The first-order valence-electron chi connectivity index (χ1n) is 8.21. The lowest BCUT2D eigenvalue weighted by Gasteiger charge is -2.33. The van der Waals surface area contributed by atoms with Crippen LogP contribution in [0.3, 0.4) is 0 Å². The Morgan fingerprint density at radius 2 is 1.96 bits per heavy atom. The summed E-state index contributed by atoms with van der Waals surface area (Å²) < 4.78 is 0. The van der Waals surface area contributed by atoms with Crippen LogP contribution in [-0.2, 0) is 4.79 Å². The maximum Gasteiger partial charge on any atom is 0.238 e. The van der Waals surface area contributed by atoms with Gasteiger partial charge in [-0.05, 0) is 57.7 Å². The number of nitrogens with one attached hydrogen (secondary N) is 1. The topological polar surface area (TPSA) is 69.6 Å². The molecule has 1 aliphatic rings. The van der Waals surface area contributed by atoms with Crippen molar-refractivity contribution in [2.75, 3.05) is 25.5 Å². The fourth-order valence-corrected chi connectivity index (χ4v) is 3.14. The lowest BCUT2D eigenvalue weighted by atomic mass is 9.86. The molecule has 2 N–H and O–H groups in total. The van der Waals surface area contributed by atoms with Gasteiger partial charge in [-0.3, -0.25) is 14.5 Å². The Balaban J connectivity index is 1.84. The number of hydrogen-bond donors (Lipinski definition) is 2. The average molecular weight is 318 g/mol. The molecule has 1 fully saturated rings. The number of Topliss-reactive ketones (excluding diaryl/α,β-unsaturated/α-hetero) is 1. The van der Waals surface area contributed by atoms with E-state index in [0.29, 0.717) is 29.8 Å². The maximum atomic E-state index is 12.2. The Bertz CT molecular complexity index is 551. The predicted octanol–water partition coefficient (Wildman–Crippen LogP) is 2.31. The van der Waals surface area contributed by atoms with Crippen molar-refractivity contribution >= 4 is 17.4 Å². The number of nitrogens with zero attached hydrogens (tertiary/aromatic N) is 1. The Labute approximate surface area is 137 Å². The molecule has 5 heteroatoms. The lowest BCUT2D eigenvalue weighted by Crippen LogP contribution is -2.40. The molecule has 23 heavy (non-hydrogen) atoms. The van der Waals surface area contributed by atoms with E-state index in [1.54, 1.807) is 24.3 Å². The van der Waals surface area contributed by atoms with Gasteiger partial charge >= 0.3 is 0 Å². The summed E-state index contributed by atoms with van der Waals surface area (Å²) in [6.07, 6.45) is 4.09. The molecule has 1 aromatic rings. The van der Waals surface area contributed by atoms with Crippen LogP contribution in [0.2, 0.25) is 0 Å². The van der Waals surface area contributed by atoms with Gasteiger partial charge in [-0.1, -0.05) is 12.1 Å². The van der Waals surface area contributed by atoms with Gasteiger partial charge in [0.15, 0.2) is 5.78 Å². The van der Waals surface area contributed by atoms with Crippen molar-refractivity contribution in [3.8, 4) is 0 Å². The number of ketones is 1. The fraction of sp³-hybridized carbons (Fsp3) is 0.556. The summed E-state index contributed by atoms with van der Waals surface area (Å²) in [5.41, 5.74) is 1.25. The van der Waals surface area contributed by atoms with Crippen molar-refractivity contribution in [2.45, 2.75) is 38.6 Å². The summed E-state index contributed by atoms with van der Waals surface area (Å²) in [4.78, 5) is 25.7. The number of rotatable bonds is 6. The van der Waals surface area contributed by atoms with Crippen molar-refractivity contribution in [1.82, 2.24) is 4.90 Å². The summed E-state index contributed by atoms with van der Waals surface area (Å²) in [6, 6.07) is 7.39. The molecule has 1 saturated carbocycles. The number of benzene rings is 1. The van der Waals surface area contributed by atoms with Gasteiger partial charge in [0.05, 0.1) is 6.54 Å². The minimum atomic E-state index is -0.0718. The van der Waals surface area contributed by atoms with E-state index in [0.717, 1.165) is 25.7 Å². The van der Waals surface area contributed by atoms with E-state index in [1.165, 1.54) is 6.92 Å². The van der Waals surface area contributed by atoms with Gasteiger partial charge in [0.1, 0.15) is 0 Å². The highest BCUT2D eigenvalue weighted by atomic mass is 16.3. The van der Waals surface area contributed by atoms with Crippen LogP contribution in [0, 0.1) is 5.92 Å². The molecule has 0 saturated heterocycles. The van der Waals surface area contributed by atoms with E-state index in [4.69, 9.17) is 0 Å². The van der Waals surface area contributed by atoms with Gasteiger partial charge in [0.25, 0.3) is 0 Å². The first-order chi connectivity index (χ1) is 11.0. The van der Waals surface area contributed by atoms with Gasteiger partial charge in [-0.25, -0.2) is 0 Å². The van der Waals surface area contributed by atoms with E-state index in [-0.39, 0.29) is 18.3 Å². The molecule has 0 heterocycles. The number of anilines is 1. The molecule has 0 bridgehead atoms.